The first kappa shape index (κ1) is 31.5. The third-order valence-electron chi connectivity index (χ3n) is 6.71. The van der Waals surface area contributed by atoms with Gasteiger partial charge in [-0.3, -0.25) is 4.90 Å². The summed E-state index contributed by atoms with van der Waals surface area (Å²) in [5.41, 5.74) is -0.155. The number of ether oxygens (including phenoxy) is 5. The Morgan fingerprint density at radius 2 is 1.65 bits per heavy atom. The Bertz CT molecular complexity index is 1070. The van der Waals surface area contributed by atoms with Gasteiger partial charge in [0.05, 0.1) is 19.8 Å². The van der Waals surface area contributed by atoms with Crippen molar-refractivity contribution in [3.63, 3.8) is 0 Å². The molecule has 0 aliphatic carbocycles. The maximum absolute atomic E-state index is 13.6. The van der Waals surface area contributed by atoms with Gasteiger partial charge in [-0.2, -0.15) is 0 Å². The molecule has 0 unspecified atom stereocenters. The van der Waals surface area contributed by atoms with Crippen LogP contribution < -0.4 is 0 Å². The molecule has 1 aliphatic rings. The van der Waals surface area contributed by atoms with E-state index < -0.39 is 41.8 Å². The van der Waals surface area contributed by atoms with Crippen molar-refractivity contribution >= 4 is 6.09 Å². The van der Waals surface area contributed by atoms with E-state index in [-0.39, 0.29) is 26.2 Å². The molecule has 0 saturated carbocycles. The number of rotatable bonds is 14. The summed E-state index contributed by atoms with van der Waals surface area (Å²) in [6, 6.07) is 19.5. The topological polar surface area (TPSA) is 86.7 Å². The van der Waals surface area contributed by atoms with Gasteiger partial charge in [-0.1, -0.05) is 72.8 Å². The van der Waals surface area contributed by atoms with Crippen LogP contribution in [0.25, 0.3) is 0 Å². The predicted octanol–water partition coefficient (Wildman–Crippen LogP) is 5.26. The van der Waals surface area contributed by atoms with Gasteiger partial charge < -0.3 is 28.8 Å². The van der Waals surface area contributed by atoms with Gasteiger partial charge in [0, 0.05) is 13.7 Å². The molecule has 0 aromatic heterocycles. The molecule has 1 heterocycles. The fourth-order valence-electron chi connectivity index (χ4n) is 4.95. The largest absolute Gasteiger partial charge is 0.444 e. The molecule has 0 bridgehead atoms. The molecule has 2 aromatic carbocycles. The Morgan fingerprint density at radius 1 is 1.05 bits per heavy atom. The van der Waals surface area contributed by atoms with Crippen molar-refractivity contribution in [2.75, 3.05) is 20.3 Å². The molecular weight excluding hydrogens is 510 g/mol. The van der Waals surface area contributed by atoms with E-state index in [0.29, 0.717) is 6.61 Å². The first-order valence-corrected chi connectivity index (χ1v) is 13.5. The Morgan fingerprint density at radius 3 is 2.17 bits per heavy atom. The molecule has 1 N–H and O–H groups in total. The van der Waals surface area contributed by atoms with E-state index in [2.05, 4.69) is 13.2 Å². The zero-order valence-corrected chi connectivity index (χ0v) is 24.0. The summed E-state index contributed by atoms with van der Waals surface area (Å²) in [5, 5.41) is 11.7. The molecule has 2 aromatic rings. The number of methoxy groups -OCH3 is 1. The molecule has 1 amide bonds. The number of aliphatic hydroxyl groups is 1. The zero-order valence-electron chi connectivity index (χ0n) is 24.0. The number of carbonyl (C=O) groups excluding carboxylic acids is 1. The summed E-state index contributed by atoms with van der Waals surface area (Å²) in [7, 11) is 1.45. The standard InChI is InChI=1S/C32H43NO7/c1-7-19-32(33(20-8-2)30(35)40-31(3,4)5)27(34)29(36-6)39-28(32)26(38-22-25-17-13-10-14-18-25)23-37-21-24-15-11-9-12-16-24/h7-18,26-29,34H,1-2,19-23H2,3-6H3/t26-,27+,28-,29-,32+/m1/s1. The maximum atomic E-state index is 13.6. The molecule has 1 fully saturated rings. The average Bonchev–Trinajstić information content (AvgIpc) is 3.21. The van der Waals surface area contributed by atoms with Gasteiger partial charge in [0.15, 0.2) is 6.29 Å². The fourth-order valence-corrected chi connectivity index (χ4v) is 4.95. The highest BCUT2D eigenvalue weighted by molar-refractivity contribution is 5.70. The summed E-state index contributed by atoms with van der Waals surface area (Å²) >= 11 is 0. The number of amides is 1. The van der Waals surface area contributed by atoms with E-state index in [1.54, 1.807) is 32.9 Å². The number of benzene rings is 2. The van der Waals surface area contributed by atoms with Crippen molar-refractivity contribution in [1.29, 1.82) is 0 Å². The Balaban J connectivity index is 2.02. The highest BCUT2D eigenvalue weighted by Gasteiger charge is 2.63. The summed E-state index contributed by atoms with van der Waals surface area (Å²) in [6.07, 6.45) is -1.05. The predicted molar refractivity (Wildman–Crippen MR) is 153 cm³/mol. The summed E-state index contributed by atoms with van der Waals surface area (Å²) < 4.78 is 30.2. The molecule has 0 radical (unpaired) electrons. The number of carbonyl (C=O) groups is 1. The molecule has 40 heavy (non-hydrogen) atoms. The normalized spacial score (nSPS) is 23.4. The zero-order chi connectivity index (χ0) is 29.2. The SMILES string of the molecule is C=CCN(C(=O)OC(C)(C)C)[C@]1(CC=C)[C@@H]([C@@H](COCc2ccccc2)OCc2ccccc2)O[C@@H](OC)[C@@H]1O. The van der Waals surface area contributed by atoms with Gasteiger partial charge in [0.1, 0.15) is 29.5 Å². The third kappa shape index (κ3) is 7.80. The van der Waals surface area contributed by atoms with Crippen LogP contribution in [0.4, 0.5) is 4.79 Å². The molecule has 5 atom stereocenters. The van der Waals surface area contributed by atoms with Gasteiger partial charge in [0.25, 0.3) is 0 Å². The minimum atomic E-state index is -1.35. The number of hydrogen-bond donors (Lipinski definition) is 1. The first-order chi connectivity index (χ1) is 19.2. The highest BCUT2D eigenvalue weighted by Crippen LogP contribution is 2.43. The van der Waals surface area contributed by atoms with Crippen molar-refractivity contribution in [2.45, 2.75) is 76.1 Å². The highest BCUT2D eigenvalue weighted by atomic mass is 16.7. The van der Waals surface area contributed by atoms with E-state index in [1.165, 1.54) is 12.0 Å². The fraction of sp³-hybridized carbons (Fsp3) is 0.469. The van der Waals surface area contributed by atoms with E-state index >= 15 is 0 Å². The van der Waals surface area contributed by atoms with Gasteiger partial charge in [-0.25, -0.2) is 4.79 Å². The second kappa shape index (κ2) is 14.6. The van der Waals surface area contributed by atoms with E-state index in [4.69, 9.17) is 23.7 Å². The van der Waals surface area contributed by atoms with Gasteiger partial charge >= 0.3 is 6.09 Å². The summed E-state index contributed by atoms with van der Waals surface area (Å²) in [6.45, 7) is 14.0. The summed E-state index contributed by atoms with van der Waals surface area (Å²) in [4.78, 5) is 15.1. The van der Waals surface area contributed by atoms with Gasteiger partial charge in [-0.05, 0) is 38.3 Å². The van der Waals surface area contributed by atoms with Crippen molar-refractivity contribution in [3.05, 3.63) is 97.1 Å². The third-order valence-corrected chi connectivity index (χ3v) is 6.71. The van der Waals surface area contributed by atoms with E-state index in [0.717, 1.165) is 11.1 Å². The van der Waals surface area contributed by atoms with E-state index in [9.17, 15) is 9.90 Å². The van der Waals surface area contributed by atoms with Crippen LogP contribution in [0, 0.1) is 0 Å². The monoisotopic (exact) mass is 553 g/mol. The molecule has 1 saturated heterocycles. The summed E-state index contributed by atoms with van der Waals surface area (Å²) in [5.74, 6) is 0. The Hall–Kier alpha value is -3.01. The lowest BCUT2D eigenvalue weighted by Gasteiger charge is -2.46. The molecular formula is C32H43NO7. The van der Waals surface area contributed by atoms with Crippen molar-refractivity contribution in [1.82, 2.24) is 4.90 Å². The molecule has 8 heteroatoms. The number of hydrogen-bond acceptors (Lipinski definition) is 7. The van der Waals surface area contributed by atoms with Crippen LogP contribution in [0.5, 0.6) is 0 Å². The second-order valence-corrected chi connectivity index (χ2v) is 10.8. The second-order valence-electron chi connectivity index (χ2n) is 10.8. The van der Waals surface area contributed by atoms with Crippen LogP contribution in [0.15, 0.2) is 86.0 Å². The molecule has 218 valence electrons. The lowest BCUT2D eigenvalue weighted by molar-refractivity contribution is -0.181. The molecule has 0 spiro atoms. The Labute approximate surface area is 238 Å². The minimum absolute atomic E-state index is 0.0897. The van der Waals surface area contributed by atoms with Crippen molar-refractivity contribution in [2.24, 2.45) is 0 Å². The number of aliphatic hydroxyl groups excluding tert-OH is 1. The van der Waals surface area contributed by atoms with Gasteiger partial charge in [-0.15, -0.1) is 13.2 Å². The quantitative estimate of drug-likeness (QED) is 0.320. The van der Waals surface area contributed by atoms with Crippen LogP contribution in [-0.2, 0) is 36.9 Å². The molecule has 8 nitrogen and oxygen atoms in total. The van der Waals surface area contributed by atoms with Crippen LogP contribution in [-0.4, -0.2) is 72.1 Å². The lowest BCUT2D eigenvalue weighted by atomic mass is 9.80. The van der Waals surface area contributed by atoms with Crippen LogP contribution >= 0.6 is 0 Å². The van der Waals surface area contributed by atoms with Crippen LogP contribution in [0.2, 0.25) is 0 Å². The van der Waals surface area contributed by atoms with Gasteiger partial charge in [0.2, 0.25) is 0 Å². The minimum Gasteiger partial charge on any atom is -0.444 e. The lowest BCUT2D eigenvalue weighted by Crippen LogP contribution is -2.66. The molecule has 3 rings (SSSR count). The van der Waals surface area contributed by atoms with E-state index in [1.807, 2.05) is 60.7 Å². The van der Waals surface area contributed by atoms with Crippen LogP contribution in [0.1, 0.15) is 38.3 Å². The smallest absolute Gasteiger partial charge is 0.411 e. The maximum Gasteiger partial charge on any atom is 0.411 e. The molecule has 1 aliphatic heterocycles. The van der Waals surface area contributed by atoms with Crippen molar-refractivity contribution < 1.29 is 33.6 Å². The average molecular weight is 554 g/mol. The van der Waals surface area contributed by atoms with Crippen LogP contribution in [0.3, 0.4) is 0 Å². The Kier molecular flexibility index (Phi) is 11.5. The van der Waals surface area contributed by atoms with Crippen molar-refractivity contribution in [3.8, 4) is 0 Å². The number of nitrogens with zero attached hydrogens (tertiary/aromatic N) is 1. The first-order valence-electron chi connectivity index (χ1n) is 13.5.